The maximum Gasteiger partial charge on any atom is 0.251 e. The van der Waals surface area contributed by atoms with E-state index in [4.69, 9.17) is 4.42 Å². The van der Waals surface area contributed by atoms with Crippen molar-refractivity contribution in [2.75, 3.05) is 13.6 Å². The van der Waals surface area contributed by atoms with Gasteiger partial charge in [0.05, 0.1) is 6.54 Å². The third-order valence-electron chi connectivity index (χ3n) is 3.28. The summed E-state index contributed by atoms with van der Waals surface area (Å²) >= 11 is 0. The zero-order valence-corrected chi connectivity index (χ0v) is 12.8. The molecule has 0 bridgehead atoms. The molecule has 1 N–H and O–H groups in total. The van der Waals surface area contributed by atoms with Crippen molar-refractivity contribution in [1.29, 1.82) is 0 Å². The molecule has 0 fully saturated rings. The minimum absolute atomic E-state index is 0.0394. The van der Waals surface area contributed by atoms with E-state index in [1.807, 2.05) is 25.1 Å². The summed E-state index contributed by atoms with van der Waals surface area (Å²) in [5.74, 6) is 1.37. The minimum Gasteiger partial charge on any atom is -0.464 e. The van der Waals surface area contributed by atoms with Gasteiger partial charge in [-0.3, -0.25) is 9.59 Å². The Kier molecular flexibility index (Phi) is 5.36. The topological polar surface area (TPSA) is 62.6 Å². The van der Waals surface area contributed by atoms with Crippen molar-refractivity contribution in [2.24, 2.45) is 0 Å². The molecule has 5 nitrogen and oxygen atoms in total. The molecule has 0 saturated carbocycles. The minimum atomic E-state index is -0.169. The number of benzene rings is 1. The van der Waals surface area contributed by atoms with Crippen LogP contribution in [0, 0.1) is 6.92 Å². The molecule has 0 aliphatic heterocycles. The van der Waals surface area contributed by atoms with Crippen LogP contribution < -0.4 is 5.32 Å². The van der Waals surface area contributed by atoms with Gasteiger partial charge >= 0.3 is 0 Å². The van der Waals surface area contributed by atoms with Gasteiger partial charge in [0.15, 0.2) is 0 Å². The van der Waals surface area contributed by atoms with E-state index in [-0.39, 0.29) is 18.2 Å². The van der Waals surface area contributed by atoms with E-state index in [0.717, 1.165) is 11.5 Å². The molecule has 1 heterocycles. The van der Waals surface area contributed by atoms with Gasteiger partial charge in [0.25, 0.3) is 5.91 Å². The van der Waals surface area contributed by atoms with Gasteiger partial charge < -0.3 is 14.6 Å². The lowest BCUT2D eigenvalue weighted by Crippen LogP contribution is -2.31. The summed E-state index contributed by atoms with van der Waals surface area (Å²) in [6, 6.07) is 12.7. The smallest absolute Gasteiger partial charge is 0.251 e. The van der Waals surface area contributed by atoms with Gasteiger partial charge in [0.1, 0.15) is 11.5 Å². The summed E-state index contributed by atoms with van der Waals surface area (Å²) in [5, 5.41) is 2.74. The molecule has 1 aromatic carbocycles. The van der Waals surface area contributed by atoms with Crippen molar-refractivity contribution in [3.05, 3.63) is 59.5 Å². The van der Waals surface area contributed by atoms with Crippen LogP contribution in [0.25, 0.3) is 0 Å². The highest BCUT2D eigenvalue weighted by Gasteiger charge is 2.12. The third kappa shape index (κ3) is 4.48. The normalized spacial score (nSPS) is 10.3. The third-order valence-corrected chi connectivity index (χ3v) is 3.28. The Morgan fingerprint density at radius 1 is 1.14 bits per heavy atom. The van der Waals surface area contributed by atoms with Crippen molar-refractivity contribution in [2.45, 2.75) is 19.9 Å². The summed E-state index contributed by atoms with van der Waals surface area (Å²) in [6.07, 6.45) is 0.259. The highest BCUT2D eigenvalue weighted by molar-refractivity contribution is 5.94. The highest BCUT2D eigenvalue weighted by atomic mass is 16.3. The fourth-order valence-corrected chi connectivity index (χ4v) is 2.06. The first-order chi connectivity index (χ1) is 10.6. The molecule has 2 amide bonds. The van der Waals surface area contributed by atoms with Crippen molar-refractivity contribution < 1.29 is 14.0 Å². The van der Waals surface area contributed by atoms with E-state index in [9.17, 15) is 9.59 Å². The van der Waals surface area contributed by atoms with Crippen LogP contribution in [0.2, 0.25) is 0 Å². The maximum absolute atomic E-state index is 12.0. The van der Waals surface area contributed by atoms with E-state index >= 15 is 0 Å². The molecule has 22 heavy (non-hydrogen) atoms. The van der Waals surface area contributed by atoms with Crippen LogP contribution in [0.15, 0.2) is 46.9 Å². The monoisotopic (exact) mass is 300 g/mol. The zero-order valence-electron chi connectivity index (χ0n) is 12.8. The fraction of sp³-hybridized carbons (Fsp3) is 0.294. The van der Waals surface area contributed by atoms with Gasteiger partial charge in [0.2, 0.25) is 5.91 Å². The van der Waals surface area contributed by atoms with Crippen LogP contribution in [-0.2, 0) is 11.3 Å². The SMILES string of the molecule is Cc1ccc(CN(C)C(=O)CCNC(=O)c2ccccc2)o1. The van der Waals surface area contributed by atoms with E-state index in [2.05, 4.69) is 5.32 Å². The van der Waals surface area contributed by atoms with Crippen LogP contribution >= 0.6 is 0 Å². The Balaban J connectivity index is 1.74. The quantitative estimate of drug-likeness (QED) is 0.891. The van der Waals surface area contributed by atoms with E-state index < -0.39 is 0 Å². The lowest BCUT2D eigenvalue weighted by atomic mass is 10.2. The van der Waals surface area contributed by atoms with Crippen LogP contribution in [0.5, 0.6) is 0 Å². The van der Waals surface area contributed by atoms with Gasteiger partial charge in [-0.05, 0) is 31.2 Å². The number of hydrogen-bond acceptors (Lipinski definition) is 3. The van der Waals surface area contributed by atoms with Crippen molar-refractivity contribution in [3.8, 4) is 0 Å². The van der Waals surface area contributed by atoms with E-state index in [1.54, 1.807) is 36.2 Å². The second kappa shape index (κ2) is 7.45. The Bertz CT molecular complexity index is 634. The van der Waals surface area contributed by atoms with Crippen LogP contribution in [0.1, 0.15) is 28.3 Å². The summed E-state index contributed by atoms with van der Waals surface area (Å²) in [6.45, 7) is 2.61. The summed E-state index contributed by atoms with van der Waals surface area (Å²) in [4.78, 5) is 25.4. The second-order valence-corrected chi connectivity index (χ2v) is 5.13. The Morgan fingerprint density at radius 2 is 1.86 bits per heavy atom. The Labute approximate surface area is 129 Å². The highest BCUT2D eigenvalue weighted by Crippen LogP contribution is 2.09. The van der Waals surface area contributed by atoms with Crippen LogP contribution in [-0.4, -0.2) is 30.3 Å². The van der Waals surface area contributed by atoms with Gasteiger partial charge in [-0.1, -0.05) is 18.2 Å². The van der Waals surface area contributed by atoms with Crippen LogP contribution in [0.3, 0.4) is 0 Å². The molecule has 5 heteroatoms. The lowest BCUT2D eigenvalue weighted by molar-refractivity contribution is -0.130. The van der Waals surface area contributed by atoms with E-state index in [0.29, 0.717) is 18.7 Å². The van der Waals surface area contributed by atoms with Gasteiger partial charge in [-0.15, -0.1) is 0 Å². The molecular weight excluding hydrogens is 280 g/mol. The molecule has 2 aromatic rings. The Morgan fingerprint density at radius 3 is 2.50 bits per heavy atom. The number of nitrogens with zero attached hydrogens (tertiary/aromatic N) is 1. The molecular formula is C17H20N2O3. The van der Waals surface area contributed by atoms with E-state index in [1.165, 1.54) is 0 Å². The van der Waals surface area contributed by atoms with Crippen molar-refractivity contribution in [3.63, 3.8) is 0 Å². The predicted octanol–water partition coefficient (Wildman–Crippen LogP) is 2.37. The molecule has 0 unspecified atom stereocenters. The number of nitrogens with one attached hydrogen (secondary N) is 1. The number of aryl methyl sites for hydroxylation is 1. The number of rotatable bonds is 6. The largest absolute Gasteiger partial charge is 0.464 e. The van der Waals surface area contributed by atoms with Gasteiger partial charge in [-0.25, -0.2) is 0 Å². The fourth-order valence-electron chi connectivity index (χ4n) is 2.06. The number of furan rings is 1. The number of amides is 2. The number of carbonyl (C=O) groups is 2. The molecule has 116 valence electrons. The molecule has 2 rings (SSSR count). The first kappa shape index (κ1) is 15.8. The first-order valence-corrected chi connectivity index (χ1v) is 7.19. The first-order valence-electron chi connectivity index (χ1n) is 7.19. The maximum atomic E-state index is 12.0. The molecule has 0 radical (unpaired) electrons. The average molecular weight is 300 g/mol. The molecule has 1 aromatic heterocycles. The predicted molar refractivity (Wildman–Crippen MR) is 83.3 cm³/mol. The molecule has 0 aliphatic carbocycles. The zero-order chi connectivity index (χ0) is 15.9. The Hall–Kier alpha value is -2.56. The second-order valence-electron chi connectivity index (χ2n) is 5.13. The summed E-state index contributed by atoms with van der Waals surface area (Å²) in [7, 11) is 1.72. The number of carbonyl (C=O) groups excluding carboxylic acids is 2. The van der Waals surface area contributed by atoms with Crippen LogP contribution in [0.4, 0.5) is 0 Å². The number of hydrogen-bond donors (Lipinski definition) is 1. The van der Waals surface area contributed by atoms with Gasteiger partial charge in [-0.2, -0.15) is 0 Å². The summed E-state index contributed by atoms with van der Waals surface area (Å²) in [5.41, 5.74) is 0.592. The lowest BCUT2D eigenvalue weighted by Gasteiger charge is -2.15. The van der Waals surface area contributed by atoms with Gasteiger partial charge in [0, 0.05) is 25.6 Å². The standard InChI is InChI=1S/C17H20N2O3/c1-13-8-9-15(22-13)12-19(2)16(20)10-11-18-17(21)14-6-4-3-5-7-14/h3-9H,10-12H2,1-2H3,(H,18,21). The molecule has 0 aliphatic rings. The van der Waals surface area contributed by atoms with Crippen molar-refractivity contribution >= 4 is 11.8 Å². The molecule has 0 spiro atoms. The van der Waals surface area contributed by atoms with Crippen molar-refractivity contribution in [1.82, 2.24) is 10.2 Å². The average Bonchev–Trinajstić information content (AvgIpc) is 2.93. The molecule has 0 saturated heterocycles. The molecule has 0 atom stereocenters. The summed E-state index contributed by atoms with van der Waals surface area (Å²) < 4.78 is 5.44.